The Bertz CT molecular complexity index is 326. The van der Waals surface area contributed by atoms with Gasteiger partial charge in [0, 0.05) is 19.1 Å². The third kappa shape index (κ3) is 6.42. The van der Waals surface area contributed by atoms with Crippen molar-refractivity contribution in [2.75, 3.05) is 13.6 Å². The second-order valence-corrected chi connectivity index (χ2v) is 5.91. The summed E-state index contributed by atoms with van der Waals surface area (Å²) in [6, 6.07) is 0.397. The van der Waals surface area contributed by atoms with Crippen LogP contribution in [0, 0.1) is 0 Å². The molecule has 19 heavy (non-hydrogen) atoms. The molecule has 0 aromatic carbocycles. The molecule has 0 radical (unpaired) electrons. The van der Waals surface area contributed by atoms with Gasteiger partial charge in [-0.2, -0.15) is 0 Å². The first-order valence-corrected chi connectivity index (χ1v) is 6.73. The maximum atomic E-state index is 11.6. The quantitative estimate of drug-likeness (QED) is 0.705. The molecule has 0 heterocycles. The molecular formula is C13H25N3O3. The Kier molecular flexibility index (Phi) is 5.60. The summed E-state index contributed by atoms with van der Waals surface area (Å²) in [7, 11) is 1.62. The fourth-order valence-electron chi connectivity index (χ4n) is 2.10. The van der Waals surface area contributed by atoms with Crippen LogP contribution in [-0.4, -0.2) is 43.3 Å². The second-order valence-electron chi connectivity index (χ2n) is 5.91. The minimum atomic E-state index is -0.473. The van der Waals surface area contributed by atoms with E-state index in [9.17, 15) is 9.59 Å². The van der Waals surface area contributed by atoms with Crippen LogP contribution in [0.15, 0.2) is 0 Å². The SMILES string of the molecule is CNC(=O)CNC1CCC(NC(=O)OC(C)(C)C)C1. The summed E-state index contributed by atoms with van der Waals surface area (Å²) >= 11 is 0. The van der Waals surface area contributed by atoms with Crippen molar-refractivity contribution in [1.29, 1.82) is 0 Å². The van der Waals surface area contributed by atoms with Crippen LogP contribution in [0.25, 0.3) is 0 Å². The van der Waals surface area contributed by atoms with Gasteiger partial charge in [-0.05, 0) is 40.0 Å². The first-order chi connectivity index (χ1) is 8.80. The van der Waals surface area contributed by atoms with Crippen molar-refractivity contribution < 1.29 is 14.3 Å². The second kappa shape index (κ2) is 6.75. The third-order valence-corrected chi connectivity index (χ3v) is 2.98. The van der Waals surface area contributed by atoms with Gasteiger partial charge in [0.15, 0.2) is 0 Å². The van der Waals surface area contributed by atoms with Crippen molar-refractivity contribution >= 4 is 12.0 Å². The zero-order chi connectivity index (χ0) is 14.5. The van der Waals surface area contributed by atoms with Gasteiger partial charge in [-0.1, -0.05) is 0 Å². The van der Waals surface area contributed by atoms with Crippen LogP contribution in [0.3, 0.4) is 0 Å². The summed E-state index contributed by atoms with van der Waals surface area (Å²) in [4.78, 5) is 22.7. The van der Waals surface area contributed by atoms with Gasteiger partial charge in [-0.3, -0.25) is 4.79 Å². The molecule has 1 fully saturated rings. The van der Waals surface area contributed by atoms with Gasteiger partial charge in [0.25, 0.3) is 0 Å². The van der Waals surface area contributed by atoms with Crippen LogP contribution < -0.4 is 16.0 Å². The number of carbonyl (C=O) groups excluding carboxylic acids is 2. The fourth-order valence-corrected chi connectivity index (χ4v) is 2.10. The topological polar surface area (TPSA) is 79.5 Å². The van der Waals surface area contributed by atoms with E-state index in [4.69, 9.17) is 4.74 Å². The van der Waals surface area contributed by atoms with E-state index in [2.05, 4.69) is 16.0 Å². The lowest BCUT2D eigenvalue weighted by atomic mass is 10.2. The van der Waals surface area contributed by atoms with Crippen molar-refractivity contribution in [3.63, 3.8) is 0 Å². The summed E-state index contributed by atoms with van der Waals surface area (Å²) in [6.45, 7) is 5.85. The summed E-state index contributed by atoms with van der Waals surface area (Å²) in [6.07, 6.45) is 2.32. The predicted molar refractivity (Wildman–Crippen MR) is 72.9 cm³/mol. The van der Waals surface area contributed by atoms with Crippen LogP contribution in [0.2, 0.25) is 0 Å². The smallest absolute Gasteiger partial charge is 0.407 e. The molecule has 6 heteroatoms. The Hall–Kier alpha value is -1.30. The number of amides is 2. The highest BCUT2D eigenvalue weighted by atomic mass is 16.6. The highest BCUT2D eigenvalue weighted by molar-refractivity contribution is 5.77. The highest BCUT2D eigenvalue weighted by Gasteiger charge is 2.27. The summed E-state index contributed by atoms with van der Waals surface area (Å²) in [5, 5.41) is 8.61. The molecule has 1 rings (SSSR count). The molecule has 2 unspecified atom stereocenters. The number of hydrogen-bond acceptors (Lipinski definition) is 4. The van der Waals surface area contributed by atoms with E-state index in [0.29, 0.717) is 6.54 Å². The lowest BCUT2D eigenvalue weighted by Gasteiger charge is -2.21. The first-order valence-electron chi connectivity index (χ1n) is 6.73. The maximum Gasteiger partial charge on any atom is 0.407 e. The lowest BCUT2D eigenvalue weighted by Crippen LogP contribution is -2.40. The number of likely N-dealkylation sites (N-methyl/N-ethyl adjacent to an activating group) is 1. The molecule has 0 aromatic heterocycles. The Morgan fingerprint density at radius 2 is 1.84 bits per heavy atom. The van der Waals surface area contributed by atoms with E-state index < -0.39 is 5.60 Å². The van der Waals surface area contributed by atoms with Crippen molar-refractivity contribution in [3.8, 4) is 0 Å². The number of alkyl carbamates (subject to hydrolysis) is 1. The van der Waals surface area contributed by atoms with Crippen LogP contribution in [-0.2, 0) is 9.53 Å². The molecule has 0 bridgehead atoms. The molecule has 0 aromatic rings. The van der Waals surface area contributed by atoms with E-state index in [1.165, 1.54) is 0 Å². The number of hydrogen-bond donors (Lipinski definition) is 3. The summed E-state index contributed by atoms with van der Waals surface area (Å²) in [5.74, 6) is -0.0245. The van der Waals surface area contributed by atoms with Crippen LogP contribution in [0.1, 0.15) is 40.0 Å². The molecule has 110 valence electrons. The minimum absolute atomic E-state index is 0.0245. The van der Waals surface area contributed by atoms with Gasteiger partial charge in [-0.25, -0.2) is 4.79 Å². The van der Waals surface area contributed by atoms with Gasteiger partial charge >= 0.3 is 6.09 Å². The Balaban J connectivity index is 2.25. The van der Waals surface area contributed by atoms with Crippen molar-refractivity contribution in [3.05, 3.63) is 0 Å². The third-order valence-electron chi connectivity index (χ3n) is 2.98. The average Bonchev–Trinajstić information content (AvgIpc) is 2.70. The Labute approximate surface area is 114 Å². The largest absolute Gasteiger partial charge is 0.444 e. The van der Waals surface area contributed by atoms with Gasteiger partial charge in [0.1, 0.15) is 5.60 Å². The molecule has 0 aliphatic heterocycles. The molecule has 0 spiro atoms. The monoisotopic (exact) mass is 271 g/mol. The zero-order valence-corrected chi connectivity index (χ0v) is 12.2. The molecule has 1 aliphatic carbocycles. The van der Waals surface area contributed by atoms with E-state index in [1.807, 2.05) is 20.8 Å². The van der Waals surface area contributed by atoms with Crippen LogP contribution in [0.5, 0.6) is 0 Å². The molecule has 3 N–H and O–H groups in total. The van der Waals surface area contributed by atoms with E-state index in [-0.39, 0.29) is 24.1 Å². The molecule has 6 nitrogen and oxygen atoms in total. The van der Waals surface area contributed by atoms with Crippen LogP contribution >= 0.6 is 0 Å². The lowest BCUT2D eigenvalue weighted by molar-refractivity contribution is -0.119. The number of ether oxygens (including phenoxy) is 1. The van der Waals surface area contributed by atoms with E-state index in [0.717, 1.165) is 19.3 Å². The normalized spacial score (nSPS) is 22.9. The summed E-state index contributed by atoms with van der Waals surface area (Å²) < 4.78 is 5.22. The van der Waals surface area contributed by atoms with E-state index >= 15 is 0 Å². The highest BCUT2D eigenvalue weighted by Crippen LogP contribution is 2.19. The van der Waals surface area contributed by atoms with Gasteiger partial charge < -0.3 is 20.7 Å². The first kappa shape index (κ1) is 15.8. The van der Waals surface area contributed by atoms with Crippen LogP contribution in [0.4, 0.5) is 4.79 Å². The predicted octanol–water partition coefficient (Wildman–Crippen LogP) is 0.768. The van der Waals surface area contributed by atoms with Crippen molar-refractivity contribution in [2.45, 2.75) is 57.7 Å². The Morgan fingerprint density at radius 3 is 2.42 bits per heavy atom. The Morgan fingerprint density at radius 1 is 1.21 bits per heavy atom. The fraction of sp³-hybridized carbons (Fsp3) is 0.846. The van der Waals surface area contributed by atoms with Crippen molar-refractivity contribution in [1.82, 2.24) is 16.0 Å². The summed E-state index contributed by atoms with van der Waals surface area (Å²) in [5.41, 5.74) is -0.473. The number of rotatable bonds is 4. The van der Waals surface area contributed by atoms with Gasteiger partial charge in [0.05, 0.1) is 6.54 Å². The number of carbonyl (C=O) groups is 2. The van der Waals surface area contributed by atoms with Gasteiger partial charge in [0.2, 0.25) is 5.91 Å². The van der Waals surface area contributed by atoms with Gasteiger partial charge in [-0.15, -0.1) is 0 Å². The molecule has 1 saturated carbocycles. The molecular weight excluding hydrogens is 246 g/mol. The zero-order valence-electron chi connectivity index (χ0n) is 12.2. The average molecular weight is 271 g/mol. The van der Waals surface area contributed by atoms with Crippen molar-refractivity contribution in [2.24, 2.45) is 0 Å². The molecule has 2 amide bonds. The minimum Gasteiger partial charge on any atom is -0.444 e. The molecule has 2 atom stereocenters. The van der Waals surface area contributed by atoms with E-state index in [1.54, 1.807) is 7.05 Å². The molecule has 1 aliphatic rings. The molecule has 0 saturated heterocycles. The number of nitrogens with one attached hydrogen (secondary N) is 3. The maximum absolute atomic E-state index is 11.6. The standard InChI is InChI=1S/C13H25N3O3/c1-13(2,3)19-12(18)16-10-6-5-9(7-10)15-8-11(17)14-4/h9-10,15H,5-8H2,1-4H3,(H,14,17)(H,16,18).